The van der Waals surface area contributed by atoms with Crippen molar-refractivity contribution in [2.45, 2.75) is 38.0 Å². The van der Waals surface area contributed by atoms with Crippen LogP contribution in [0.5, 0.6) is 5.88 Å². The molecule has 0 saturated heterocycles. The predicted octanol–water partition coefficient (Wildman–Crippen LogP) is 4.67. The van der Waals surface area contributed by atoms with Crippen molar-refractivity contribution in [3.63, 3.8) is 0 Å². The molecule has 2 atom stereocenters. The number of anilines is 1. The molecule has 35 heavy (non-hydrogen) atoms. The molecule has 184 valence electrons. The van der Waals surface area contributed by atoms with Crippen LogP contribution in [0.3, 0.4) is 0 Å². The van der Waals surface area contributed by atoms with E-state index in [4.69, 9.17) is 21.1 Å². The zero-order valence-corrected chi connectivity index (χ0v) is 20.1. The minimum absolute atomic E-state index is 0.0633. The highest BCUT2D eigenvalue weighted by atomic mass is 35.5. The van der Waals surface area contributed by atoms with Crippen LogP contribution >= 0.6 is 11.6 Å². The molecule has 0 bridgehead atoms. The fourth-order valence-corrected chi connectivity index (χ4v) is 3.58. The number of rotatable bonds is 5. The first kappa shape index (κ1) is 24.4. The molecule has 1 aliphatic rings. The highest BCUT2D eigenvalue weighted by Gasteiger charge is 2.29. The number of pyridine rings is 1. The summed E-state index contributed by atoms with van der Waals surface area (Å²) in [6.45, 7) is 5.12. The number of H-pyrrole nitrogens is 1. The summed E-state index contributed by atoms with van der Waals surface area (Å²) < 4.78 is 26.0. The van der Waals surface area contributed by atoms with E-state index in [0.717, 1.165) is 4.90 Å². The number of aromatic amines is 1. The Bertz CT molecular complexity index is 1320. The van der Waals surface area contributed by atoms with Gasteiger partial charge in [0.15, 0.2) is 0 Å². The average molecular weight is 502 g/mol. The topological polar surface area (TPSA) is 128 Å². The van der Waals surface area contributed by atoms with Crippen LogP contribution in [0.15, 0.2) is 48.7 Å². The standard InChI is InChI=1S/C23H23ClFN6O4/c1-23(2,3)35-22(33)31(12-5-7-15(24)26-9-12)16-8-6-13(19(25)30-16)18(32)14-10-27-20-17(14)21(34-4)29-11-28-20/h5-11,15,18,32H,1-4H3,(H,27,28,29)/q-1. The highest BCUT2D eigenvalue weighted by Crippen LogP contribution is 2.34. The van der Waals surface area contributed by atoms with Crippen LogP contribution in [0, 0.1) is 5.95 Å². The fraction of sp³-hybridized carbons (Fsp3) is 0.304. The number of aromatic nitrogens is 4. The zero-order valence-electron chi connectivity index (χ0n) is 19.4. The quantitative estimate of drug-likeness (QED) is 0.295. The molecule has 0 fully saturated rings. The van der Waals surface area contributed by atoms with Crippen molar-refractivity contribution in [2.75, 3.05) is 12.0 Å². The Hall–Kier alpha value is -3.70. The van der Waals surface area contributed by atoms with Gasteiger partial charge in [-0.2, -0.15) is 10.6 Å². The third kappa shape index (κ3) is 5.05. The maximum absolute atomic E-state index is 15.3. The van der Waals surface area contributed by atoms with Gasteiger partial charge in [0.2, 0.25) is 11.8 Å². The monoisotopic (exact) mass is 501 g/mol. The van der Waals surface area contributed by atoms with Gasteiger partial charge >= 0.3 is 6.09 Å². The number of hydrogen-bond donors (Lipinski definition) is 2. The predicted molar refractivity (Wildman–Crippen MR) is 128 cm³/mol. The van der Waals surface area contributed by atoms with Crippen LogP contribution in [0.1, 0.15) is 38.0 Å². The Labute approximate surface area is 205 Å². The summed E-state index contributed by atoms with van der Waals surface area (Å²) in [5.41, 5.74) is -0.507. The van der Waals surface area contributed by atoms with Gasteiger partial charge in [-0.1, -0.05) is 6.08 Å². The van der Waals surface area contributed by atoms with Gasteiger partial charge in [-0.05, 0) is 44.5 Å². The maximum atomic E-state index is 15.3. The van der Waals surface area contributed by atoms with Gasteiger partial charge in [0.1, 0.15) is 29.5 Å². The number of alkyl halides is 1. The van der Waals surface area contributed by atoms with E-state index in [1.165, 1.54) is 38.0 Å². The first-order chi connectivity index (χ1) is 16.6. The van der Waals surface area contributed by atoms with Crippen LogP contribution in [0.2, 0.25) is 0 Å². The fourth-order valence-electron chi connectivity index (χ4n) is 3.45. The Kier molecular flexibility index (Phi) is 6.64. The van der Waals surface area contributed by atoms with Crippen LogP contribution in [0.25, 0.3) is 16.4 Å². The SMILES string of the molecule is COc1ncnc2[nH]cc(C(O)c3ccc(N(C(=O)OC(C)(C)C)C4=C[N-]C(Cl)C=C4)nc3F)c12. The van der Waals surface area contributed by atoms with Crippen molar-refractivity contribution in [3.05, 3.63) is 71.1 Å². The molecule has 2 N–H and O–H groups in total. The van der Waals surface area contributed by atoms with Crippen molar-refractivity contribution in [3.8, 4) is 5.88 Å². The van der Waals surface area contributed by atoms with E-state index in [1.54, 1.807) is 32.9 Å². The molecule has 3 aromatic rings. The third-order valence-electron chi connectivity index (χ3n) is 4.95. The van der Waals surface area contributed by atoms with Gasteiger partial charge in [0, 0.05) is 23.0 Å². The molecule has 10 nitrogen and oxygen atoms in total. The number of amides is 1. The number of halogens is 2. The first-order valence-electron chi connectivity index (χ1n) is 10.5. The number of carbonyl (C=O) groups is 1. The number of allylic oxidation sites excluding steroid dienone is 1. The van der Waals surface area contributed by atoms with Crippen LogP contribution in [-0.2, 0) is 4.74 Å². The second-order valence-corrected chi connectivity index (χ2v) is 9.00. The largest absolute Gasteiger partial charge is 0.671 e. The van der Waals surface area contributed by atoms with Gasteiger partial charge in [-0.3, -0.25) is 0 Å². The molecule has 0 spiro atoms. The minimum Gasteiger partial charge on any atom is -0.671 e. The Morgan fingerprint density at radius 3 is 2.71 bits per heavy atom. The summed E-state index contributed by atoms with van der Waals surface area (Å²) in [5, 5.41) is 15.5. The molecule has 4 heterocycles. The molecule has 3 aromatic heterocycles. The van der Waals surface area contributed by atoms with Gasteiger partial charge in [0.05, 0.1) is 12.5 Å². The van der Waals surface area contributed by atoms with E-state index in [0.29, 0.717) is 16.6 Å². The summed E-state index contributed by atoms with van der Waals surface area (Å²) in [5.74, 6) is -0.823. The number of carbonyl (C=O) groups excluding carboxylic acids is 1. The molecular weight excluding hydrogens is 479 g/mol. The summed E-state index contributed by atoms with van der Waals surface area (Å²) in [7, 11) is 1.43. The van der Waals surface area contributed by atoms with Gasteiger partial charge in [-0.15, -0.1) is 11.6 Å². The summed E-state index contributed by atoms with van der Waals surface area (Å²) in [6.07, 6.45) is 5.11. The molecule has 0 aromatic carbocycles. The smallest absolute Gasteiger partial charge is 0.420 e. The van der Waals surface area contributed by atoms with Crippen molar-refractivity contribution in [2.24, 2.45) is 0 Å². The molecule has 2 unspecified atom stereocenters. The maximum Gasteiger partial charge on any atom is 0.420 e. The number of nitrogens with one attached hydrogen (secondary N) is 1. The molecule has 1 amide bonds. The lowest BCUT2D eigenvalue weighted by Gasteiger charge is -2.32. The number of hydrogen-bond acceptors (Lipinski definition) is 7. The average Bonchev–Trinajstić information content (AvgIpc) is 3.23. The van der Waals surface area contributed by atoms with Crippen molar-refractivity contribution in [1.29, 1.82) is 0 Å². The lowest BCUT2D eigenvalue weighted by atomic mass is 10.0. The second kappa shape index (κ2) is 9.51. The van der Waals surface area contributed by atoms with Crippen LogP contribution < -0.4 is 9.64 Å². The molecular formula is C23H23ClFN6O4-. The number of ether oxygens (including phenoxy) is 2. The number of fused-ring (bicyclic) bond motifs is 1. The minimum atomic E-state index is -1.42. The van der Waals surface area contributed by atoms with Crippen molar-refractivity contribution in [1.82, 2.24) is 19.9 Å². The molecule has 4 rings (SSSR count). The van der Waals surface area contributed by atoms with E-state index in [1.807, 2.05) is 0 Å². The summed E-state index contributed by atoms with van der Waals surface area (Å²) >= 11 is 5.95. The van der Waals surface area contributed by atoms with Crippen LogP contribution in [0.4, 0.5) is 15.0 Å². The van der Waals surface area contributed by atoms with Gasteiger partial charge in [0.25, 0.3) is 0 Å². The number of aliphatic hydroxyl groups excluding tert-OH is 1. The number of aliphatic hydroxyl groups is 1. The molecule has 0 saturated carbocycles. The Balaban J connectivity index is 1.72. The zero-order chi connectivity index (χ0) is 25.3. The summed E-state index contributed by atoms with van der Waals surface area (Å²) in [4.78, 5) is 29.1. The van der Waals surface area contributed by atoms with E-state index < -0.39 is 29.2 Å². The van der Waals surface area contributed by atoms with Crippen LogP contribution in [-0.4, -0.2) is 49.3 Å². The molecule has 1 aliphatic heterocycles. The molecule has 0 aliphatic carbocycles. The van der Waals surface area contributed by atoms with Crippen molar-refractivity contribution >= 4 is 34.5 Å². The lowest BCUT2D eigenvalue weighted by Crippen LogP contribution is -2.37. The lowest BCUT2D eigenvalue weighted by molar-refractivity contribution is 0.0592. The second-order valence-electron chi connectivity index (χ2n) is 8.55. The highest BCUT2D eigenvalue weighted by molar-refractivity contribution is 6.23. The van der Waals surface area contributed by atoms with E-state index >= 15 is 4.39 Å². The summed E-state index contributed by atoms with van der Waals surface area (Å²) in [6, 6.07) is 2.74. The molecule has 12 heteroatoms. The Morgan fingerprint density at radius 2 is 2.09 bits per heavy atom. The van der Waals surface area contributed by atoms with E-state index in [-0.39, 0.29) is 23.0 Å². The normalized spacial score (nSPS) is 16.4. The van der Waals surface area contributed by atoms with Crippen molar-refractivity contribution < 1.29 is 23.8 Å². The van der Waals surface area contributed by atoms with E-state index in [9.17, 15) is 9.90 Å². The number of methoxy groups -OCH3 is 1. The number of nitrogens with zero attached hydrogens (tertiary/aromatic N) is 5. The molecule has 0 radical (unpaired) electrons. The Morgan fingerprint density at radius 1 is 1.31 bits per heavy atom. The first-order valence-corrected chi connectivity index (χ1v) is 11.0. The van der Waals surface area contributed by atoms with Gasteiger partial charge in [-0.25, -0.2) is 24.6 Å². The van der Waals surface area contributed by atoms with Gasteiger partial charge < -0.3 is 24.9 Å². The third-order valence-corrected chi connectivity index (χ3v) is 5.21. The van der Waals surface area contributed by atoms with E-state index in [2.05, 4.69) is 25.3 Å².